The number of hydrogen-bond acceptors (Lipinski definition) is 4. The van der Waals surface area contributed by atoms with Gasteiger partial charge < -0.3 is 4.74 Å². The van der Waals surface area contributed by atoms with Crippen molar-refractivity contribution in [2.45, 2.75) is 25.4 Å². The maximum absolute atomic E-state index is 11.9. The molecule has 1 heterocycles. The average molecular weight is 324 g/mol. The molecule has 0 saturated heterocycles. The molecule has 0 spiro atoms. The summed E-state index contributed by atoms with van der Waals surface area (Å²) in [6.45, 7) is 0.275. The monoisotopic (exact) mass is 323 g/mol. The van der Waals surface area contributed by atoms with Crippen molar-refractivity contribution >= 4 is 30.5 Å². The minimum absolute atomic E-state index is 0.275. The molecule has 0 bridgehead atoms. The fourth-order valence-electron chi connectivity index (χ4n) is 2.33. The van der Waals surface area contributed by atoms with Gasteiger partial charge in [-0.15, -0.1) is 5.10 Å². The van der Waals surface area contributed by atoms with E-state index in [2.05, 4.69) is 22.7 Å². The first-order valence-corrected chi connectivity index (χ1v) is 7.37. The summed E-state index contributed by atoms with van der Waals surface area (Å²) in [7, 11) is 0. The van der Waals surface area contributed by atoms with Crippen molar-refractivity contribution in [1.82, 2.24) is 14.0 Å². The Bertz CT molecular complexity index is 670. The second kappa shape index (κ2) is 5.99. The molecule has 0 aliphatic heterocycles. The number of hydrogen-bond donors (Lipinski definition) is 2. The van der Waals surface area contributed by atoms with Crippen LogP contribution in [-0.4, -0.2) is 15.1 Å². The summed E-state index contributed by atoms with van der Waals surface area (Å²) < 4.78 is 7.03. The Hall–Kier alpha value is -1.66. The third kappa shape index (κ3) is 3.16. The molecule has 21 heavy (non-hydrogen) atoms. The van der Waals surface area contributed by atoms with E-state index in [9.17, 15) is 4.79 Å². The summed E-state index contributed by atoms with van der Waals surface area (Å²) in [6, 6.07) is 7.38. The van der Waals surface area contributed by atoms with Crippen LogP contribution < -0.4 is 9.57 Å². The van der Waals surface area contributed by atoms with Crippen LogP contribution in [0.15, 0.2) is 30.5 Å². The van der Waals surface area contributed by atoms with E-state index in [1.807, 2.05) is 12.1 Å². The van der Waals surface area contributed by atoms with Gasteiger partial charge in [-0.2, -0.15) is 0 Å². The third-order valence-corrected chi connectivity index (χ3v) is 3.87. The smallest absolute Gasteiger partial charge is 0.266 e. The third-order valence-electron chi connectivity index (χ3n) is 3.48. The molecular weight excluding hydrogens is 310 g/mol. The van der Waals surface area contributed by atoms with Crippen molar-refractivity contribution in [2.75, 3.05) is 0 Å². The topological polar surface area (TPSA) is 56.1 Å². The van der Waals surface area contributed by atoms with Gasteiger partial charge in [0.2, 0.25) is 5.88 Å². The highest BCUT2D eigenvalue weighted by Gasteiger charge is 2.28. The van der Waals surface area contributed by atoms with Gasteiger partial charge in [0, 0.05) is 35.2 Å². The van der Waals surface area contributed by atoms with Crippen molar-refractivity contribution in [2.24, 2.45) is 0 Å². The van der Waals surface area contributed by atoms with Crippen molar-refractivity contribution in [3.8, 4) is 5.88 Å². The first-order chi connectivity index (χ1) is 10.2. The van der Waals surface area contributed by atoms with Crippen LogP contribution in [-0.2, 0) is 6.61 Å². The summed E-state index contributed by atoms with van der Waals surface area (Å²) in [5.41, 5.74) is 2.56. The van der Waals surface area contributed by atoms with Crippen LogP contribution in [0.4, 0.5) is 0 Å². The lowest BCUT2D eigenvalue weighted by Crippen LogP contribution is -2.17. The van der Waals surface area contributed by atoms with E-state index in [0.717, 1.165) is 24.0 Å². The van der Waals surface area contributed by atoms with Crippen LogP contribution in [0, 0.1) is 0 Å². The van der Waals surface area contributed by atoms with Crippen LogP contribution in [0.2, 0.25) is 0 Å². The number of ether oxygens (including phenoxy) is 1. The number of benzene rings is 1. The lowest BCUT2D eigenvalue weighted by Gasteiger charge is -2.13. The Morgan fingerprint density at radius 2 is 2.29 bits per heavy atom. The number of aromatic nitrogens is 2. The first kappa shape index (κ1) is 14.3. The summed E-state index contributed by atoms with van der Waals surface area (Å²) in [5, 5.41) is 4.04. The van der Waals surface area contributed by atoms with Gasteiger partial charge in [-0.05, 0) is 43.2 Å². The van der Waals surface area contributed by atoms with Crippen LogP contribution in [0.5, 0.6) is 5.88 Å². The SMILES string of the molecule is O=C(NCl)c1cccc(C2CC2)c1COc1ccn(S)n1. The lowest BCUT2D eigenvalue weighted by molar-refractivity contribution is 0.0979. The number of nitrogens with zero attached hydrogens (tertiary/aromatic N) is 2. The summed E-state index contributed by atoms with van der Waals surface area (Å²) in [5.74, 6) is 0.652. The first-order valence-electron chi connectivity index (χ1n) is 6.59. The summed E-state index contributed by atoms with van der Waals surface area (Å²) in [4.78, 5) is 14.1. The molecule has 1 aliphatic carbocycles. The van der Waals surface area contributed by atoms with E-state index in [4.69, 9.17) is 16.5 Å². The molecule has 1 saturated carbocycles. The van der Waals surface area contributed by atoms with E-state index in [-0.39, 0.29) is 12.5 Å². The van der Waals surface area contributed by atoms with Crippen LogP contribution in [0.3, 0.4) is 0 Å². The zero-order valence-corrected chi connectivity index (χ0v) is 12.8. The van der Waals surface area contributed by atoms with Crippen LogP contribution >= 0.6 is 24.6 Å². The Kier molecular flexibility index (Phi) is 4.07. The molecule has 1 aromatic heterocycles. The summed E-state index contributed by atoms with van der Waals surface area (Å²) >= 11 is 9.52. The van der Waals surface area contributed by atoms with E-state index in [0.29, 0.717) is 17.4 Å². The second-order valence-corrected chi connectivity index (χ2v) is 5.53. The Morgan fingerprint density at radius 1 is 1.48 bits per heavy atom. The Labute approximate surface area is 132 Å². The van der Waals surface area contributed by atoms with E-state index in [1.54, 1.807) is 18.3 Å². The van der Waals surface area contributed by atoms with Gasteiger partial charge in [0.25, 0.3) is 5.91 Å². The molecule has 0 atom stereocenters. The number of carbonyl (C=O) groups excluding carboxylic acids is 1. The summed E-state index contributed by atoms with van der Waals surface area (Å²) in [6.07, 6.45) is 3.96. The highest BCUT2D eigenvalue weighted by molar-refractivity contribution is 7.78. The second-order valence-electron chi connectivity index (χ2n) is 4.93. The van der Waals surface area contributed by atoms with Gasteiger partial charge in [-0.1, -0.05) is 12.1 Å². The molecule has 110 valence electrons. The number of halogens is 1. The van der Waals surface area contributed by atoms with Crippen molar-refractivity contribution < 1.29 is 9.53 Å². The molecule has 1 N–H and O–H groups in total. The molecule has 0 unspecified atom stereocenters. The van der Waals surface area contributed by atoms with E-state index >= 15 is 0 Å². The van der Waals surface area contributed by atoms with Gasteiger partial charge in [0.1, 0.15) is 6.61 Å². The van der Waals surface area contributed by atoms with Crippen molar-refractivity contribution in [3.05, 3.63) is 47.2 Å². The highest BCUT2D eigenvalue weighted by atomic mass is 35.5. The number of amides is 1. The average Bonchev–Trinajstić information content (AvgIpc) is 3.26. The van der Waals surface area contributed by atoms with Crippen LogP contribution in [0.25, 0.3) is 0 Å². The number of carbonyl (C=O) groups is 1. The fourth-order valence-corrected chi connectivity index (χ4v) is 2.58. The number of rotatable bonds is 5. The van der Waals surface area contributed by atoms with Crippen LogP contribution in [0.1, 0.15) is 40.2 Å². The highest BCUT2D eigenvalue weighted by Crippen LogP contribution is 2.42. The molecule has 1 fully saturated rings. The van der Waals surface area contributed by atoms with Gasteiger partial charge >= 0.3 is 0 Å². The molecule has 2 aromatic rings. The predicted octanol–water partition coefficient (Wildman–Crippen LogP) is 2.92. The normalized spacial score (nSPS) is 14.0. The van der Waals surface area contributed by atoms with E-state index in [1.165, 1.54) is 4.09 Å². The molecule has 1 amide bonds. The lowest BCUT2D eigenvalue weighted by atomic mass is 9.98. The quantitative estimate of drug-likeness (QED) is 0.657. The molecule has 1 aromatic carbocycles. The number of nitrogens with one attached hydrogen (secondary N) is 1. The largest absolute Gasteiger partial charge is 0.472 e. The minimum Gasteiger partial charge on any atom is -0.472 e. The van der Waals surface area contributed by atoms with Crippen molar-refractivity contribution in [3.63, 3.8) is 0 Å². The molecule has 1 aliphatic rings. The van der Waals surface area contributed by atoms with Gasteiger partial charge in [0.05, 0.1) is 0 Å². The molecule has 7 heteroatoms. The fraction of sp³-hybridized carbons (Fsp3) is 0.286. The maximum Gasteiger partial charge on any atom is 0.266 e. The predicted molar refractivity (Wildman–Crippen MR) is 82.7 cm³/mol. The number of thiol groups is 1. The molecule has 0 radical (unpaired) electrons. The maximum atomic E-state index is 11.9. The van der Waals surface area contributed by atoms with Crippen molar-refractivity contribution in [1.29, 1.82) is 0 Å². The Balaban J connectivity index is 1.88. The van der Waals surface area contributed by atoms with Gasteiger partial charge in [-0.25, -0.2) is 4.09 Å². The zero-order valence-electron chi connectivity index (χ0n) is 11.1. The van der Waals surface area contributed by atoms with E-state index < -0.39 is 0 Å². The molecule has 5 nitrogen and oxygen atoms in total. The van der Waals surface area contributed by atoms with Gasteiger partial charge in [0.15, 0.2) is 0 Å². The van der Waals surface area contributed by atoms with Gasteiger partial charge in [-0.3, -0.25) is 9.63 Å². The zero-order chi connectivity index (χ0) is 14.8. The molecule has 3 rings (SSSR count). The molecular formula is C14H14ClN3O2S. The standard InChI is InChI=1S/C14H14ClN3O2S/c15-16-14(19)11-3-1-2-10(9-4-5-9)12(11)8-20-13-6-7-18(21)17-13/h1-3,6-7,9,21H,4-5,8H2,(H,16,19). The minimum atomic E-state index is -0.322. The Morgan fingerprint density at radius 3 is 2.90 bits per heavy atom.